The highest BCUT2D eigenvalue weighted by molar-refractivity contribution is 6.04. The van der Waals surface area contributed by atoms with Gasteiger partial charge in [-0.3, -0.25) is 4.79 Å². The Morgan fingerprint density at radius 1 is 1.22 bits per heavy atom. The molecule has 3 N–H and O–H groups in total. The third-order valence-corrected chi connectivity index (χ3v) is 2.22. The van der Waals surface area contributed by atoms with E-state index < -0.39 is 5.97 Å². The van der Waals surface area contributed by atoms with Crippen molar-refractivity contribution < 1.29 is 24.2 Å². The third-order valence-electron chi connectivity index (χ3n) is 2.22. The van der Waals surface area contributed by atoms with E-state index in [0.717, 1.165) is 0 Å². The number of halogens is 1. The summed E-state index contributed by atoms with van der Waals surface area (Å²) in [7, 11) is 2.68. The highest BCUT2D eigenvalue weighted by atomic mass is 35.5. The summed E-state index contributed by atoms with van der Waals surface area (Å²) in [6.45, 7) is -0.209. The quantitative estimate of drug-likeness (QED) is 0.777. The molecule has 7 heteroatoms. The van der Waals surface area contributed by atoms with Crippen LogP contribution in [0.15, 0.2) is 12.1 Å². The van der Waals surface area contributed by atoms with Crippen LogP contribution in [0.5, 0.6) is 11.5 Å². The maximum atomic E-state index is 11.6. The molecule has 0 saturated carbocycles. The Kier molecular flexibility index (Phi) is 6.15. The van der Waals surface area contributed by atoms with E-state index in [9.17, 15) is 9.59 Å². The van der Waals surface area contributed by atoms with Crippen LogP contribution in [-0.4, -0.2) is 37.6 Å². The molecular formula is C11H14ClNO5. The lowest BCUT2D eigenvalue weighted by Gasteiger charge is -2.12. The first-order chi connectivity index (χ1) is 8.04. The Labute approximate surface area is 110 Å². The van der Waals surface area contributed by atoms with Gasteiger partial charge in [-0.15, -0.1) is 12.4 Å². The number of ether oxygens (including phenoxy) is 2. The van der Waals surface area contributed by atoms with Crippen LogP contribution >= 0.6 is 12.4 Å². The molecule has 0 heterocycles. The van der Waals surface area contributed by atoms with Crippen molar-refractivity contribution in [2.45, 2.75) is 0 Å². The van der Waals surface area contributed by atoms with E-state index in [1.807, 2.05) is 0 Å². The van der Waals surface area contributed by atoms with Crippen molar-refractivity contribution in [2.75, 3.05) is 20.8 Å². The molecule has 0 unspecified atom stereocenters. The number of rotatable bonds is 5. The summed E-state index contributed by atoms with van der Waals surface area (Å²) in [5, 5.41) is 8.89. The Morgan fingerprint density at radius 2 is 1.67 bits per heavy atom. The topological polar surface area (TPSA) is 98.9 Å². The number of Topliss-reactive ketones (excluding diaryl/α,β-unsaturated/α-hetero) is 1. The molecule has 6 nitrogen and oxygen atoms in total. The molecule has 0 aromatic heterocycles. The molecule has 0 spiro atoms. The van der Waals surface area contributed by atoms with E-state index in [2.05, 4.69) is 0 Å². The number of aromatic carboxylic acids is 1. The van der Waals surface area contributed by atoms with Gasteiger partial charge < -0.3 is 20.3 Å². The standard InChI is InChI=1S/C11H13NO5.ClH/c1-16-8-3-6(11(14)15)4-9(17-2)10(8)7(13)5-12;/h3-4H,5,12H2,1-2H3,(H,14,15);1H. The lowest BCUT2D eigenvalue weighted by Crippen LogP contribution is -2.16. The molecule has 18 heavy (non-hydrogen) atoms. The van der Waals surface area contributed by atoms with Crippen LogP contribution in [0, 0.1) is 0 Å². The van der Waals surface area contributed by atoms with Gasteiger partial charge in [-0.2, -0.15) is 0 Å². The van der Waals surface area contributed by atoms with Gasteiger partial charge in [-0.25, -0.2) is 4.79 Å². The summed E-state index contributed by atoms with van der Waals surface area (Å²) in [6, 6.07) is 2.52. The minimum Gasteiger partial charge on any atom is -0.496 e. The van der Waals surface area contributed by atoms with Crippen molar-refractivity contribution in [1.29, 1.82) is 0 Å². The summed E-state index contributed by atoms with van der Waals surface area (Å²) in [4.78, 5) is 22.5. The van der Waals surface area contributed by atoms with Crippen molar-refractivity contribution in [3.8, 4) is 11.5 Å². The van der Waals surface area contributed by atoms with E-state index in [0.29, 0.717) is 0 Å². The molecule has 0 amide bonds. The van der Waals surface area contributed by atoms with Gasteiger partial charge in [0.15, 0.2) is 5.78 Å². The number of carboxylic acids is 1. The minimum absolute atomic E-state index is 0. The Bertz CT molecular complexity index is 436. The summed E-state index contributed by atoms with van der Waals surface area (Å²) in [5.41, 5.74) is 5.41. The average molecular weight is 276 g/mol. The Hall–Kier alpha value is -1.79. The maximum Gasteiger partial charge on any atom is 0.335 e. The van der Waals surface area contributed by atoms with Gasteiger partial charge in [-0.1, -0.05) is 0 Å². The zero-order valence-electron chi connectivity index (χ0n) is 9.93. The summed E-state index contributed by atoms with van der Waals surface area (Å²) >= 11 is 0. The van der Waals surface area contributed by atoms with Crippen LogP contribution in [-0.2, 0) is 0 Å². The predicted molar refractivity (Wildman–Crippen MR) is 67.1 cm³/mol. The SMILES string of the molecule is COc1cc(C(=O)O)cc(OC)c1C(=O)CN.Cl. The van der Waals surface area contributed by atoms with Crippen LogP contribution in [0.3, 0.4) is 0 Å². The highest BCUT2D eigenvalue weighted by Crippen LogP contribution is 2.30. The monoisotopic (exact) mass is 275 g/mol. The number of ketones is 1. The first-order valence-corrected chi connectivity index (χ1v) is 4.77. The molecule has 0 fully saturated rings. The smallest absolute Gasteiger partial charge is 0.335 e. The summed E-state index contributed by atoms with van der Waals surface area (Å²) in [6.07, 6.45) is 0. The van der Waals surface area contributed by atoms with Gasteiger partial charge >= 0.3 is 5.97 Å². The number of carbonyl (C=O) groups is 2. The van der Waals surface area contributed by atoms with Crippen molar-refractivity contribution in [3.05, 3.63) is 23.3 Å². The minimum atomic E-state index is -1.13. The number of carbonyl (C=O) groups excluding carboxylic acids is 1. The Morgan fingerprint density at radius 3 is 1.94 bits per heavy atom. The lowest BCUT2D eigenvalue weighted by molar-refractivity contribution is 0.0695. The van der Waals surface area contributed by atoms with E-state index in [1.165, 1.54) is 26.4 Å². The fourth-order valence-electron chi connectivity index (χ4n) is 1.41. The normalized spacial score (nSPS) is 9.28. The average Bonchev–Trinajstić information content (AvgIpc) is 2.35. The van der Waals surface area contributed by atoms with Gasteiger partial charge in [-0.05, 0) is 12.1 Å². The van der Waals surface area contributed by atoms with Crippen LogP contribution in [0.1, 0.15) is 20.7 Å². The van der Waals surface area contributed by atoms with Crippen molar-refractivity contribution in [2.24, 2.45) is 5.73 Å². The zero-order chi connectivity index (χ0) is 13.0. The third kappa shape index (κ3) is 3.12. The summed E-state index contributed by atoms with van der Waals surface area (Å²) in [5.74, 6) is -1.24. The number of methoxy groups -OCH3 is 2. The molecule has 100 valence electrons. The second-order valence-electron chi connectivity index (χ2n) is 3.19. The summed E-state index contributed by atoms with van der Waals surface area (Å²) < 4.78 is 9.96. The second-order valence-corrected chi connectivity index (χ2v) is 3.19. The molecule has 0 radical (unpaired) electrons. The van der Waals surface area contributed by atoms with Crippen LogP contribution in [0.4, 0.5) is 0 Å². The van der Waals surface area contributed by atoms with Crippen LogP contribution < -0.4 is 15.2 Å². The van der Waals surface area contributed by atoms with Gasteiger partial charge in [0.2, 0.25) is 0 Å². The zero-order valence-corrected chi connectivity index (χ0v) is 10.7. The van der Waals surface area contributed by atoms with Crippen molar-refractivity contribution in [1.82, 2.24) is 0 Å². The van der Waals surface area contributed by atoms with Gasteiger partial charge in [0, 0.05) is 0 Å². The maximum absolute atomic E-state index is 11.6. The molecule has 0 saturated heterocycles. The van der Waals surface area contributed by atoms with E-state index in [4.69, 9.17) is 20.3 Å². The number of carboxylic acid groups (broad SMARTS) is 1. The van der Waals surface area contributed by atoms with Gasteiger partial charge in [0.05, 0.1) is 26.3 Å². The lowest BCUT2D eigenvalue weighted by atomic mass is 10.0. The molecule has 0 atom stereocenters. The van der Waals surface area contributed by atoms with Gasteiger partial charge in [0.25, 0.3) is 0 Å². The molecule has 0 bridgehead atoms. The number of hydrogen-bond donors (Lipinski definition) is 2. The van der Waals surface area contributed by atoms with Crippen LogP contribution in [0.25, 0.3) is 0 Å². The Balaban J connectivity index is 0.00000289. The second kappa shape index (κ2) is 6.83. The highest BCUT2D eigenvalue weighted by Gasteiger charge is 2.20. The van der Waals surface area contributed by atoms with E-state index in [1.54, 1.807) is 0 Å². The number of benzene rings is 1. The number of hydrogen-bond acceptors (Lipinski definition) is 5. The van der Waals surface area contributed by atoms with Crippen molar-refractivity contribution >= 4 is 24.2 Å². The predicted octanol–water partition coefficient (Wildman–Crippen LogP) is 0.965. The fraction of sp³-hybridized carbons (Fsp3) is 0.273. The van der Waals surface area contributed by atoms with Crippen LogP contribution in [0.2, 0.25) is 0 Å². The molecule has 0 aliphatic rings. The first kappa shape index (κ1) is 16.2. The number of nitrogens with two attached hydrogens (primary N) is 1. The first-order valence-electron chi connectivity index (χ1n) is 4.77. The largest absolute Gasteiger partial charge is 0.496 e. The molecule has 1 aromatic carbocycles. The van der Waals surface area contributed by atoms with Crippen molar-refractivity contribution in [3.63, 3.8) is 0 Å². The van der Waals surface area contributed by atoms with E-state index in [-0.39, 0.29) is 47.4 Å². The molecule has 0 aliphatic carbocycles. The molecular weight excluding hydrogens is 262 g/mol. The molecule has 0 aliphatic heterocycles. The van der Waals surface area contributed by atoms with E-state index >= 15 is 0 Å². The fourth-order valence-corrected chi connectivity index (χ4v) is 1.41. The molecule has 1 aromatic rings. The van der Waals surface area contributed by atoms with Gasteiger partial charge in [0.1, 0.15) is 17.1 Å². The molecule has 1 rings (SSSR count).